The Bertz CT molecular complexity index is 222. The molecule has 0 amide bonds. The van der Waals surface area contributed by atoms with Crippen LogP contribution >= 0.6 is 0 Å². The zero-order chi connectivity index (χ0) is 8.10. The van der Waals surface area contributed by atoms with Crippen LogP contribution in [0, 0.1) is 6.92 Å². The highest BCUT2D eigenvalue weighted by Crippen LogP contribution is 2.07. The molecule has 1 rings (SSSR count). The molecule has 0 aliphatic carbocycles. The summed E-state index contributed by atoms with van der Waals surface area (Å²) in [5.74, 6) is 5.10. The lowest BCUT2D eigenvalue weighted by molar-refractivity contribution is 0.790. The number of nitrogens with two attached hydrogens (primary N) is 1. The predicted molar refractivity (Wildman–Crippen MR) is 47.0 cm³/mol. The number of aryl methyl sites for hydroxylation is 1. The molecule has 3 nitrogen and oxygen atoms in total. The number of hydrogen-bond donors (Lipinski definition) is 3. The van der Waals surface area contributed by atoms with Crippen molar-refractivity contribution in [1.82, 2.24) is 5.43 Å². The third-order valence-corrected chi connectivity index (χ3v) is 1.41. The Morgan fingerprint density at radius 2 is 2.27 bits per heavy atom. The smallest absolute Gasteiger partial charge is 0.0780 e. The molecule has 3 heteroatoms. The summed E-state index contributed by atoms with van der Waals surface area (Å²) in [6.45, 7) is 2.64. The monoisotopic (exact) mass is 151 g/mol. The number of rotatable bonds is 3. The summed E-state index contributed by atoms with van der Waals surface area (Å²) in [5.41, 5.74) is 4.85. The van der Waals surface area contributed by atoms with Gasteiger partial charge in [-0.1, -0.05) is 12.1 Å². The van der Waals surface area contributed by atoms with Crippen molar-refractivity contribution in [3.63, 3.8) is 0 Å². The SMILES string of the molecule is Cc1cccc(NCNN)c1. The fourth-order valence-electron chi connectivity index (χ4n) is 0.908. The highest BCUT2D eigenvalue weighted by atomic mass is 15.3. The molecule has 11 heavy (non-hydrogen) atoms. The van der Waals surface area contributed by atoms with Crippen molar-refractivity contribution in [3.05, 3.63) is 29.8 Å². The van der Waals surface area contributed by atoms with E-state index in [2.05, 4.69) is 29.8 Å². The summed E-state index contributed by atoms with van der Waals surface area (Å²) in [6.07, 6.45) is 0. The van der Waals surface area contributed by atoms with Crippen molar-refractivity contribution in [3.8, 4) is 0 Å². The molecule has 0 spiro atoms. The number of hydrogen-bond acceptors (Lipinski definition) is 3. The van der Waals surface area contributed by atoms with E-state index in [1.165, 1.54) is 5.56 Å². The van der Waals surface area contributed by atoms with E-state index in [9.17, 15) is 0 Å². The van der Waals surface area contributed by atoms with Gasteiger partial charge in [0.25, 0.3) is 0 Å². The van der Waals surface area contributed by atoms with Crippen molar-refractivity contribution in [2.75, 3.05) is 12.0 Å². The molecule has 0 unspecified atom stereocenters. The van der Waals surface area contributed by atoms with Gasteiger partial charge in [-0.2, -0.15) is 0 Å². The molecule has 0 saturated heterocycles. The van der Waals surface area contributed by atoms with Crippen LogP contribution in [0.1, 0.15) is 5.56 Å². The van der Waals surface area contributed by atoms with Gasteiger partial charge in [0.15, 0.2) is 0 Å². The quantitative estimate of drug-likeness (QED) is 0.340. The van der Waals surface area contributed by atoms with E-state index in [0.717, 1.165) is 5.69 Å². The maximum Gasteiger partial charge on any atom is 0.0780 e. The standard InChI is InChI=1S/C8H13N3/c1-7-3-2-4-8(5-7)10-6-11-9/h2-5,10-11H,6,9H2,1H3. The molecule has 60 valence electrons. The number of nitrogens with one attached hydrogen (secondary N) is 2. The van der Waals surface area contributed by atoms with Gasteiger partial charge >= 0.3 is 0 Å². The van der Waals surface area contributed by atoms with E-state index in [4.69, 9.17) is 5.84 Å². The minimum Gasteiger partial charge on any atom is -0.371 e. The molecule has 0 heterocycles. The van der Waals surface area contributed by atoms with E-state index in [-0.39, 0.29) is 0 Å². The second-order valence-corrected chi connectivity index (χ2v) is 2.43. The molecule has 0 radical (unpaired) electrons. The molecule has 0 saturated carbocycles. The third kappa shape index (κ3) is 2.57. The largest absolute Gasteiger partial charge is 0.371 e. The van der Waals surface area contributed by atoms with Crippen molar-refractivity contribution in [1.29, 1.82) is 0 Å². The van der Waals surface area contributed by atoms with Crippen LogP contribution in [0.5, 0.6) is 0 Å². The third-order valence-electron chi connectivity index (χ3n) is 1.41. The fourth-order valence-corrected chi connectivity index (χ4v) is 0.908. The fraction of sp³-hybridized carbons (Fsp3) is 0.250. The number of anilines is 1. The first kappa shape index (κ1) is 8.04. The van der Waals surface area contributed by atoms with Gasteiger partial charge in [0.2, 0.25) is 0 Å². The summed E-state index contributed by atoms with van der Waals surface area (Å²) < 4.78 is 0. The van der Waals surface area contributed by atoms with Crippen LogP contribution < -0.4 is 16.6 Å². The number of benzene rings is 1. The van der Waals surface area contributed by atoms with Gasteiger partial charge in [0, 0.05) is 5.69 Å². The summed E-state index contributed by atoms with van der Waals surface area (Å²) in [4.78, 5) is 0. The summed E-state index contributed by atoms with van der Waals surface area (Å²) >= 11 is 0. The van der Waals surface area contributed by atoms with E-state index in [1.807, 2.05) is 12.1 Å². The Kier molecular flexibility index (Phi) is 2.89. The summed E-state index contributed by atoms with van der Waals surface area (Å²) in [6, 6.07) is 8.14. The van der Waals surface area contributed by atoms with Crippen molar-refractivity contribution in [2.24, 2.45) is 5.84 Å². The van der Waals surface area contributed by atoms with Crippen LogP contribution in [-0.2, 0) is 0 Å². The van der Waals surface area contributed by atoms with Gasteiger partial charge in [-0.15, -0.1) is 0 Å². The van der Waals surface area contributed by atoms with E-state index < -0.39 is 0 Å². The number of hydrazine groups is 1. The second kappa shape index (κ2) is 3.95. The van der Waals surface area contributed by atoms with Gasteiger partial charge in [-0.3, -0.25) is 5.84 Å². The predicted octanol–water partition coefficient (Wildman–Crippen LogP) is 0.828. The molecular weight excluding hydrogens is 138 g/mol. The van der Waals surface area contributed by atoms with Gasteiger partial charge < -0.3 is 5.32 Å². The Balaban J connectivity index is 2.56. The normalized spacial score (nSPS) is 9.64. The summed E-state index contributed by atoms with van der Waals surface area (Å²) in [7, 11) is 0. The Hall–Kier alpha value is -1.06. The second-order valence-electron chi connectivity index (χ2n) is 2.43. The minimum atomic E-state index is 0.587. The average molecular weight is 151 g/mol. The molecule has 1 aromatic rings. The molecule has 1 aromatic carbocycles. The molecular formula is C8H13N3. The lowest BCUT2D eigenvalue weighted by atomic mass is 10.2. The van der Waals surface area contributed by atoms with Crippen LogP contribution in [0.15, 0.2) is 24.3 Å². The highest BCUT2D eigenvalue weighted by molar-refractivity contribution is 5.45. The van der Waals surface area contributed by atoms with Crippen LogP contribution in [-0.4, -0.2) is 6.67 Å². The Labute approximate surface area is 66.6 Å². The van der Waals surface area contributed by atoms with Crippen molar-refractivity contribution >= 4 is 5.69 Å². The zero-order valence-electron chi connectivity index (χ0n) is 6.59. The van der Waals surface area contributed by atoms with Crippen LogP contribution in [0.3, 0.4) is 0 Å². The maximum absolute atomic E-state index is 5.10. The van der Waals surface area contributed by atoms with Gasteiger partial charge in [-0.25, -0.2) is 5.43 Å². The van der Waals surface area contributed by atoms with Gasteiger partial charge in [-0.05, 0) is 24.6 Å². The average Bonchev–Trinajstić information content (AvgIpc) is 2.01. The topological polar surface area (TPSA) is 50.1 Å². The molecule has 0 aliphatic rings. The Morgan fingerprint density at radius 3 is 2.91 bits per heavy atom. The highest BCUT2D eigenvalue weighted by Gasteiger charge is 1.88. The van der Waals surface area contributed by atoms with Crippen molar-refractivity contribution in [2.45, 2.75) is 6.92 Å². The van der Waals surface area contributed by atoms with Gasteiger partial charge in [0.1, 0.15) is 0 Å². The lowest BCUT2D eigenvalue weighted by Crippen LogP contribution is -2.28. The first-order valence-electron chi connectivity index (χ1n) is 3.57. The van der Waals surface area contributed by atoms with Gasteiger partial charge in [0.05, 0.1) is 6.67 Å². The molecule has 4 N–H and O–H groups in total. The molecule has 0 atom stereocenters. The zero-order valence-corrected chi connectivity index (χ0v) is 6.59. The van der Waals surface area contributed by atoms with E-state index in [0.29, 0.717) is 6.67 Å². The summed E-state index contributed by atoms with van der Waals surface area (Å²) in [5, 5.41) is 3.10. The molecule has 0 aliphatic heterocycles. The molecule has 0 fully saturated rings. The van der Waals surface area contributed by atoms with E-state index in [1.54, 1.807) is 0 Å². The van der Waals surface area contributed by atoms with E-state index >= 15 is 0 Å². The maximum atomic E-state index is 5.10. The van der Waals surface area contributed by atoms with Crippen molar-refractivity contribution < 1.29 is 0 Å². The van der Waals surface area contributed by atoms with Crippen LogP contribution in [0.25, 0.3) is 0 Å². The molecule has 0 bridgehead atoms. The lowest BCUT2D eigenvalue weighted by Gasteiger charge is -2.04. The molecule has 0 aromatic heterocycles. The first-order chi connectivity index (χ1) is 5.33. The van der Waals surface area contributed by atoms with Crippen LogP contribution in [0.4, 0.5) is 5.69 Å². The first-order valence-corrected chi connectivity index (χ1v) is 3.57. The minimum absolute atomic E-state index is 0.587. The van der Waals surface area contributed by atoms with Crippen LogP contribution in [0.2, 0.25) is 0 Å². The Morgan fingerprint density at radius 1 is 1.45 bits per heavy atom.